The number of nitrogens with one attached hydrogen (secondary N) is 2. The maximum Gasteiger partial charge on any atom is 0.244 e. The number of methoxy groups -OCH3 is 1. The van der Waals surface area contributed by atoms with Crippen LogP contribution in [0.4, 0.5) is 0 Å². The summed E-state index contributed by atoms with van der Waals surface area (Å²) in [6.45, 7) is 4.39. The summed E-state index contributed by atoms with van der Waals surface area (Å²) in [5.41, 5.74) is 0.900. The Balaban J connectivity index is 1.95. The lowest BCUT2D eigenvalue weighted by molar-refractivity contribution is -0.117. The minimum Gasteiger partial charge on any atom is -0.493 e. The molecule has 1 aromatic carbocycles. The normalized spacial score (nSPS) is 18.2. The fourth-order valence-corrected chi connectivity index (χ4v) is 2.46. The van der Waals surface area contributed by atoms with Crippen LogP contribution in [0.15, 0.2) is 24.3 Å². The minimum absolute atomic E-state index is 0.0680. The van der Waals surface area contributed by atoms with Crippen molar-refractivity contribution in [1.29, 1.82) is 0 Å². The van der Waals surface area contributed by atoms with E-state index in [2.05, 4.69) is 10.6 Å². The summed E-state index contributed by atoms with van der Waals surface area (Å²) in [5, 5.41) is 6.28. The minimum atomic E-state index is -0.0680. The standard InChI is InChI=1S/C17H24N2O3/c1-3-22-15-8-6-13(11-16(15)21-2)7-9-17(20)19-14-5-4-10-18-12-14/h6-9,11,14,18H,3-5,10,12H2,1-2H3,(H,19,20)/b9-7+. The molecule has 5 nitrogen and oxygen atoms in total. The average Bonchev–Trinajstić information content (AvgIpc) is 2.55. The van der Waals surface area contributed by atoms with E-state index in [1.54, 1.807) is 19.3 Å². The van der Waals surface area contributed by atoms with E-state index < -0.39 is 0 Å². The van der Waals surface area contributed by atoms with Gasteiger partial charge in [-0.05, 0) is 50.1 Å². The smallest absolute Gasteiger partial charge is 0.244 e. The lowest BCUT2D eigenvalue weighted by Crippen LogP contribution is -2.45. The molecule has 1 aliphatic rings. The topological polar surface area (TPSA) is 59.6 Å². The largest absolute Gasteiger partial charge is 0.493 e. The summed E-state index contributed by atoms with van der Waals surface area (Å²) in [7, 11) is 1.61. The molecular formula is C17H24N2O3. The molecule has 2 rings (SSSR count). The quantitative estimate of drug-likeness (QED) is 0.789. The van der Waals surface area contributed by atoms with E-state index in [0.717, 1.165) is 31.5 Å². The highest BCUT2D eigenvalue weighted by Gasteiger charge is 2.13. The number of hydrogen-bond donors (Lipinski definition) is 2. The molecule has 1 amide bonds. The second-order valence-corrected chi connectivity index (χ2v) is 5.23. The van der Waals surface area contributed by atoms with Gasteiger partial charge in [-0.2, -0.15) is 0 Å². The van der Waals surface area contributed by atoms with Gasteiger partial charge in [-0.15, -0.1) is 0 Å². The summed E-state index contributed by atoms with van der Waals surface area (Å²) >= 11 is 0. The van der Waals surface area contributed by atoms with Crippen molar-refractivity contribution in [2.24, 2.45) is 0 Å². The van der Waals surface area contributed by atoms with E-state index in [9.17, 15) is 4.79 Å². The fourth-order valence-electron chi connectivity index (χ4n) is 2.46. The van der Waals surface area contributed by atoms with Crippen LogP contribution in [0, 0.1) is 0 Å². The van der Waals surface area contributed by atoms with Crippen molar-refractivity contribution in [2.75, 3.05) is 26.8 Å². The molecule has 1 unspecified atom stereocenters. The van der Waals surface area contributed by atoms with Gasteiger partial charge in [-0.25, -0.2) is 0 Å². The van der Waals surface area contributed by atoms with E-state index in [4.69, 9.17) is 9.47 Å². The Kier molecular flexibility index (Phi) is 6.27. The van der Waals surface area contributed by atoms with Crippen LogP contribution in [0.1, 0.15) is 25.3 Å². The number of rotatable bonds is 6. The number of piperidine rings is 1. The Hall–Kier alpha value is -2.01. The highest BCUT2D eigenvalue weighted by Crippen LogP contribution is 2.28. The lowest BCUT2D eigenvalue weighted by atomic mass is 10.1. The number of ether oxygens (including phenoxy) is 2. The maximum atomic E-state index is 11.9. The third kappa shape index (κ3) is 4.77. The summed E-state index contributed by atoms with van der Waals surface area (Å²) in [6, 6.07) is 5.84. The van der Waals surface area contributed by atoms with E-state index in [1.165, 1.54) is 0 Å². The van der Waals surface area contributed by atoms with E-state index in [0.29, 0.717) is 18.1 Å². The van der Waals surface area contributed by atoms with Crippen molar-refractivity contribution in [1.82, 2.24) is 10.6 Å². The number of carbonyl (C=O) groups excluding carboxylic acids is 1. The van der Waals surface area contributed by atoms with E-state index in [-0.39, 0.29) is 11.9 Å². The number of carbonyl (C=O) groups is 1. The van der Waals surface area contributed by atoms with Gasteiger partial charge in [0.2, 0.25) is 5.91 Å². The molecule has 0 radical (unpaired) electrons. The molecule has 2 N–H and O–H groups in total. The molecule has 1 fully saturated rings. The zero-order chi connectivity index (χ0) is 15.8. The highest BCUT2D eigenvalue weighted by molar-refractivity contribution is 5.92. The Bertz CT molecular complexity index is 523. The Morgan fingerprint density at radius 2 is 2.32 bits per heavy atom. The highest BCUT2D eigenvalue weighted by atomic mass is 16.5. The van der Waals surface area contributed by atoms with Crippen molar-refractivity contribution >= 4 is 12.0 Å². The van der Waals surface area contributed by atoms with Crippen LogP contribution in [-0.4, -0.2) is 38.8 Å². The second kappa shape index (κ2) is 8.44. The number of benzene rings is 1. The first-order valence-corrected chi connectivity index (χ1v) is 7.73. The van der Waals surface area contributed by atoms with Gasteiger partial charge in [0, 0.05) is 18.7 Å². The molecule has 1 atom stereocenters. The molecule has 1 saturated heterocycles. The average molecular weight is 304 g/mol. The Morgan fingerprint density at radius 3 is 3.00 bits per heavy atom. The zero-order valence-corrected chi connectivity index (χ0v) is 13.2. The first-order valence-electron chi connectivity index (χ1n) is 7.73. The molecular weight excluding hydrogens is 280 g/mol. The molecule has 1 aromatic rings. The van der Waals surface area contributed by atoms with Crippen LogP contribution in [-0.2, 0) is 4.79 Å². The van der Waals surface area contributed by atoms with Gasteiger partial charge in [-0.1, -0.05) is 6.07 Å². The van der Waals surface area contributed by atoms with E-state index in [1.807, 2.05) is 25.1 Å². The van der Waals surface area contributed by atoms with Crippen LogP contribution in [0.3, 0.4) is 0 Å². The Labute approximate surface area is 131 Å². The van der Waals surface area contributed by atoms with Gasteiger partial charge in [0.1, 0.15) is 0 Å². The summed E-state index contributed by atoms with van der Waals surface area (Å²) < 4.78 is 10.8. The van der Waals surface area contributed by atoms with Gasteiger partial charge in [0.25, 0.3) is 0 Å². The zero-order valence-electron chi connectivity index (χ0n) is 13.2. The van der Waals surface area contributed by atoms with Gasteiger partial charge < -0.3 is 20.1 Å². The van der Waals surface area contributed by atoms with Crippen LogP contribution in [0.5, 0.6) is 11.5 Å². The number of hydrogen-bond acceptors (Lipinski definition) is 4. The predicted octanol–water partition coefficient (Wildman–Crippen LogP) is 1.98. The first-order chi connectivity index (χ1) is 10.7. The molecule has 1 aliphatic heterocycles. The van der Waals surface area contributed by atoms with Crippen molar-refractivity contribution in [3.8, 4) is 11.5 Å². The fraction of sp³-hybridized carbons (Fsp3) is 0.471. The monoisotopic (exact) mass is 304 g/mol. The molecule has 5 heteroatoms. The molecule has 22 heavy (non-hydrogen) atoms. The molecule has 0 spiro atoms. The molecule has 0 bridgehead atoms. The first kappa shape index (κ1) is 16.4. The van der Waals surface area contributed by atoms with Crippen molar-refractivity contribution in [2.45, 2.75) is 25.8 Å². The molecule has 1 heterocycles. The predicted molar refractivity (Wildman–Crippen MR) is 87.2 cm³/mol. The van der Waals surface area contributed by atoms with Gasteiger partial charge in [-0.3, -0.25) is 4.79 Å². The van der Waals surface area contributed by atoms with Crippen LogP contribution in [0.2, 0.25) is 0 Å². The molecule has 0 saturated carbocycles. The molecule has 0 aliphatic carbocycles. The lowest BCUT2D eigenvalue weighted by Gasteiger charge is -2.23. The second-order valence-electron chi connectivity index (χ2n) is 5.23. The van der Waals surface area contributed by atoms with Gasteiger partial charge in [0.15, 0.2) is 11.5 Å². The number of amides is 1. The summed E-state index contributed by atoms with van der Waals surface area (Å²) in [4.78, 5) is 11.9. The Morgan fingerprint density at radius 1 is 1.45 bits per heavy atom. The van der Waals surface area contributed by atoms with Crippen molar-refractivity contribution < 1.29 is 14.3 Å². The summed E-state index contributed by atoms with van der Waals surface area (Å²) in [6.07, 6.45) is 5.47. The SMILES string of the molecule is CCOc1ccc(/C=C/C(=O)NC2CCCNC2)cc1OC. The van der Waals surface area contributed by atoms with Crippen LogP contribution >= 0.6 is 0 Å². The van der Waals surface area contributed by atoms with Crippen molar-refractivity contribution in [3.05, 3.63) is 29.8 Å². The third-order valence-electron chi connectivity index (χ3n) is 3.56. The van der Waals surface area contributed by atoms with E-state index >= 15 is 0 Å². The third-order valence-corrected chi connectivity index (χ3v) is 3.56. The van der Waals surface area contributed by atoms with Gasteiger partial charge >= 0.3 is 0 Å². The van der Waals surface area contributed by atoms with Crippen molar-refractivity contribution in [3.63, 3.8) is 0 Å². The van der Waals surface area contributed by atoms with Crippen LogP contribution in [0.25, 0.3) is 6.08 Å². The molecule has 120 valence electrons. The molecule has 0 aromatic heterocycles. The maximum absolute atomic E-state index is 11.9. The van der Waals surface area contributed by atoms with Crippen LogP contribution < -0.4 is 20.1 Å². The summed E-state index contributed by atoms with van der Waals surface area (Å²) in [5.74, 6) is 1.31. The van der Waals surface area contributed by atoms with Gasteiger partial charge in [0.05, 0.1) is 13.7 Å².